The van der Waals surface area contributed by atoms with E-state index in [9.17, 15) is 4.79 Å². The van der Waals surface area contributed by atoms with Gasteiger partial charge in [0.1, 0.15) is 0 Å². The van der Waals surface area contributed by atoms with Gasteiger partial charge in [0, 0.05) is 23.5 Å². The molecule has 3 aromatic heterocycles. The lowest BCUT2D eigenvalue weighted by molar-refractivity contribution is 0.102. The van der Waals surface area contributed by atoms with Crippen molar-refractivity contribution in [2.45, 2.75) is 19.8 Å². The first-order valence-electron chi connectivity index (χ1n) is 8.80. The van der Waals surface area contributed by atoms with Crippen molar-refractivity contribution in [3.8, 4) is 11.3 Å². The Labute approximate surface area is 156 Å². The van der Waals surface area contributed by atoms with Gasteiger partial charge in [0.2, 0.25) is 5.95 Å². The molecule has 0 saturated carbocycles. The molecule has 1 aromatic carbocycles. The maximum atomic E-state index is 12.4. The van der Waals surface area contributed by atoms with Gasteiger partial charge in [-0.05, 0) is 36.2 Å². The summed E-state index contributed by atoms with van der Waals surface area (Å²) in [5.74, 6) is 0.264. The van der Waals surface area contributed by atoms with Crippen LogP contribution in [-0.4, -0.2) is 25.5 Å². The second-order valence-corrected chi connectivity index (χ2v) is 6.53. The Bertz CT molecular complexity index is 1100. The van der Waals surface area contributed by atoms with Gasteiger partial charge in [-0.3, -0.25) is 10.1 Å². The zero-order valence-electron chi connectivity index (χ0n) is 15.1. The van der Waals surface area contributed by atoms with Gasteiger partial charge in [0.15, 0.2) is 0 Å². The van der Waals surface area contributed by atoms with E-state index >= 15 is 0 Å². The summed E-state index contributed by atoms with van der Waals surface area (Å²) < 4.78 is 1.86. The van der Waals surface area contributed by atoms with Crippen molar-refractivity contribution in [3.63, 3.8) is 0 Å². The summed E-state index contributed by atoms with van der Waals surface area (Å²) in [4.78, 5) is 21.2. The van der Waals surface area contributed by atoms with E-state index in [-0.39, 0.29) is 17.8 Å². The molecule has 134 valence electrons. The van der Waals surface area contributed by atoms with Gasteiger partial charge in [-0.25, -0.2) is 14.5 Å². The first-order valence-corrected chi connectivity index (χ1v) is 8.80. The summed E-state index contributed by atoms with van der Waals surface area (Å²) in [6.45, 7) is 4.20. The molecule has 1 N–H and O–H groups in total. The highest BCUT2D eigenvalue weighted by atomic mass is 16.1. The van der Waals surface area contributed by atoms with Gasteiger partial charge in [0.05, 0.1) is 16.9 Å². The molecule has 0 bridgehead atoms. The van der Waals surface area contributed by atoms with Gasteiger partial charge in [0.25, 0.3) is 5.91 Å². The predicted molar refractivity (Wildman–Crippen MR) is 105 cm³/mol. The van der Waals surface area contributed by atoms with E-state index in [2.05, 4.69) is 29.1 Å². The summed E-state index contributed by atoms with van der Waals surface area (Å²) in [6.07, 6.45) is 3.57. The maximum absolute atomic E-state index is 12.4. The molecule has 6 heteroatoms. The van der Waals surface area contributed by atoms with Crippen molar-refractivity contribution in [2.75, 3.05) is 5.32 Å². The van der Waals surface area contributed by atoms with Crippen LogP contribution in [0.5, 0.6) is 0 Å². The van der Waals surface area contributed by atoms with E-state index < -0.39 is 0 Å². The van der Waals surface area contributed by atoms with E-state index in [0.717, 1.165) is 22.5 Å². The van der Waals surface area contributed by atoms with Crippen molar-refractivity contribution >= 4 is 17.4 Å². The van der Waals surface area contributed by atoms with Crippen LogP contribution in [0.3, 0.4) is 0 Å². The Morgan fingerprint density at radius 3 is 2.59 bits per heavy atom. The highest BCUT2D eigenvalue weighted by Gasteiger charge is 2.19. The van der Waals surface area contributed by atoms with Crippen LogP contribution in [0, 0.1) is 0 Å². The Hall–Kier alpha value is -3.54. The lowest BCUT2D eigenvalue weighted by Gasteiger charge is -2.08. The van der Waals surface area contributed by atoms with Crippen LogP contribution in [0.1, 0.15) is 35.8 Å². The number of hydrogen-bond acceptors (Lipinski definition) is 4. The fraction of sp³-hybridized carbons (Fsp3) is 0.143. The van der Waals surface area contributed by atoms with E-state index in [0.29, 0.717) is 5.56 Å². The number of carbonyl (C=O) groups is 1. The average molecular weight is 357 g/mol. The zero-order chi connectivity index (χ0) is 18.8. The molecule has 0 fully saturated rings. The smallest absolute Gasteiger partial charge is 0.258 e. The fourth-order valence-corrected chi connectivity index (χ4v) is 3.00. The SMILES string of the molecule is CC(C)c1nn2ccccc2c1-c1ccnc(NC(=O)c2ccccc2)n1. The molecule has 0 aliphatic carbocycles. The topological polar surface area (TPSA) is 72.2 Å². The van der Waals surface area contributed by atoms with E-state index in [1.807, 2.05) is 53.2 Å². The third kappa shape index (κ3) is 3.29. The Kier molecular flexibility index (Phi) is 4.38. The largest absolute Gasteiger partial charge is 0.290 e. The number of benzene rings is 1. The van der Waals surface area contributed by atoms with Crippen LogP contribution in [0.4, 0.5) is 5.95 Å². The van der Waals surface area contributed by atoms with Crippen LogP contribution in [0.2, 0.25) is 0 Å². The molecule has 6 nitrogen and oxygen atoms in total. The minimum absolute atomic E-state index is 0.234. The van der Waals surface area contributed by atoms with Crippen molar-refractivity contribution in [3.05, 3.63) is 78.2 Å². The molecule has 1 amide bonds. The summed E-state index contributed by atoms with van der Waals surface area (Å²) in [5, 5.41) is 7.46. The molecule has 0 saturated heterocycles. The number of amides is 1. The molecule has 27 heavy (non-hydrogen) atoms. The summed E-state index contributed by atoms with van der Waals surface area (Å²) in [6, 6.07) is 16.8. The van der Waals surface area contributed by atoms with Gasteiger partial charge in [-0.2, -0.15) is 5.10 Å². The molecule has 0 aliphatic rings. The van der Waals surface area contributed by atoms with Crippen LogP contribution in [0.15, 0.2) is 67.0 Å². The number of nitrogens with zero attached hydrogens (tertiary/aromatic N) is 4. The number of pyridine rings is 1. The Balaban J connectivity index is 1.74. The van der Waals surface area contributed by atoms with E-state index in [1.165, 1.54) is 0 Å². The monoisotopic (exact) mass is 357 g/mol. The number of rotatable bonds is 4. The number of fused-ring (bicyclic) bond motifs is 1. The van der Waals surface area contributed by atoms with E-state index in [1.54, 1.807) is 18.3 Å². The van der Waals surface area contributed by atoms with Crippen LogP contribution in [-0.2, 0) is 0 Å². The zero-order valence-corrected chi connectivity index (χ0v) is 15.1. The molecule has 4 rings (SSSR count). The number of anilines is 1. The highest BCUT2D eigenvalue weighted by molar-refractivity contribution is 6.03. The minimum Gasteiger partial charge on any atom is -0.290 e. The fourth-order valence-electron chi connectivity index (χ4n) is 3.00. The van der Waals surface area contributed by atoms with Crippen LogP contribution in [0.25, 0.3) is 16.8 Å². The third-order valence-corrected chi connectivity index (χ3v) is 4.29. The third-order valence-electron chi connectivity index (χ3n) is 4.29. The van der Waals surface area contributed by atoms with Gasteiger partial charge in [-0.1, -0.05) is 38.1 Å². The van der Waals surface area contributed by atoms with Gasteiger partial charge < -0.3 is 0 Å². The highest BCUT2D eigenvalue weighted by Crippen LogP contribution is 2.31. The lowest BCUT2D eigenvalue weighted by atomic mass is 10.0. The molecular formula is C21H19N5O. The number of hydrogen-bond donors (Lipinski definition) is 1. The molecule has 0 unspecified atom stereocenters. The lowest BCUT2D eigenvalue weighted by Crippen LogP contribution is -2.14. The number of carbonyl (C=O) groups excluding carboxylic acids is 1. The number of nitrogens with one attached hydrogen (secondary N) is 1. The van der Waals surface area contributed by atoms with Gasteiger partial charge in [-0.15, -0.1) is 0 Å². The molecule has 0 spiro atoms. The van der Waals surface area contributed by atoms with Crippen molar-refractivity contribution < 1.29 is 4.79 Å². The van der Waals surface area contributed by atoms with Gasteiger partial charge >= 0.3 is 0 Å². The minimum atomic E-state index is -0.239. The average Bonchev–Trinajstić information content (AvgIpc) is 3.09. The van der Waals surface area contributed by atoms with Crippen molar-refractivity contribution in [1.29, 1.82) is 0 Å². The molecule has 0 aliphatic heterocycles. The summed E-state index contributed by atoms with van der Waals surface area (Å²) >= 11 is 0. The molecular weight excluding hydrogens is 338 g/mol. The van der Waals surface area contributed by atoms with Crippen molar-refractivity contribution in [2.24, 2.45) is 0 Å². The summed E-state index contributed by atoms with van der Waals surface area (Å²) in [5.41, 5.74) is 4.19. The second-order valence-electron chi connectivity index (χ2n) is 6.53. The normalized spacial score (nSPS) is 11.1. The molecule has 0 atom stereocenters. The Morgan fingerprint density at radius 1 is 1.04 bits per heavy atom. The predicted octanol–water partition coefficient (Wildman–Crippen LogP) is 4.17. The van der Waals surface area contributed by atoms with Crippen LogP contribution < -0.4 is 5.32 Å². The first-order chi connectivity index (χ1) is 13.1. The van der Waals surface area contributed by atoms with Crippen molar-refractivity contribution in [1.82, 2.24) is 19.6 Å². The molecule has 0 radical (unpaired) electrons. The van der Waals surface area contributed by atoms with E-state index in [4.69, 9.17) is 5.10 Å². The number of aromatic nitrogens is 4. The molecule has 4 aromatic rings. The summed E-state index contributed by atoms with van der Waals surface area (Å²) in [7, 11) is 0. The standard InChI is InChI=1S/C21H19N5O/c1-14(2)19-18(17-10-6-7-13-26(17)25-19)16-11-12-22-21(23-16)24-20(27)15-8-4-3-5-9-15/h3-14H,1-2H3,(H,22,23,24,27). The molecule has 3 heterocycles. The maximum Gasteiger partial charge on any atom is 0.258 e. The Morgan fingerprint density at radius 2 is 1.81 bits per heavy atom. The van der Waals surface area contributed by atoms with Crippen LogP contribution >= 0.6 is 0 Å². The quantitative estimate of drug-likeness (QED) is 0.595. The second kappa shape index (κ2) is 6.99. The first kappa shape index (κ1) is 16.9.